The predicted octanol–water partition coefficient (Wildman–Crippen LogP) is 3.92. The fourth-order valence-corrected chi connectivity index (χ4v) is 2.16. The zero-order valence-electron chi connectivity index (χ0n) is 12.9. The van der Waals surface area contributed by atoms with Crippen molar-refractivity contribution in [2.24, 2.45) is 5.92 Å². The van der Waals surface area contributed by atoms with Crippen LogP contribution in [0, 0.1) is 17.8 Å². The van der Waals surface area contributed by atoms with E-state index in [1.54, 1.807) is 6.07 Å². The van der Waals surface area contributed by atoms with Gasteiger partial charge in [-0.3, -0.25) is 0 Å². The molecule has 0 spiro atoms. The van der Waals surface area contributed by atoms with E-state index < -0.39 is 5.97 Å². The molecule has 0 aliphatic heterocycles. The molecule has 3 nitrogen and oxygen atoms in total. The normalized spacial score (nSPS) is 11.2. The lowest BCUT2D eigenvalue weighted by molar-refractivity contribution is -0.130. The molecule has 0 heterocycles. The lowest BCUT2D eigenvalue weighted by atomic mass is 9.97. The lowest BCUT2D eigenvalue weighted by Gasteiger charge is -2.08. The van der Waals surface area contributed by atoms with Crippen LogP contribution in [-0.4, -0.2) is 18.2 Å². The van der Waals surface area contributed by atoms with Crippen LogP contribution in [0.4, 0.5) is 0 Å². The molecule has 2 aromatic rings. The van der Waals surface area contributed by atoms with Crippen molar-refractivity contribution in [1.29, 1.82) is 0 Å². The summed E-state index contributed by atoms with van der Waals surface area (Å²) in [6, 6.07) is 11.4. The standard InChI is InChI=1S/C19H18O3/c1-13(2)7-8-14-9-10-15-5-4-6-16(17(15)11-14)18(12-22-3)19(20)21/h4-6,9-13H,1-3H3,(H,20,21). The smallest absolute Gasteiger partial charge is 0.339 e. The minimum Gasteiger partial charge on any atom is -0.503 e. The maximum absolute atomic E-state index is 11.5. The van der Waals surface area contributed by atoms with Crippen molar-refractivity contribution in [3.8, 4) is 11.8 Å². The average molecular weight is 294 g/mol. The number of aliphatic carboxylic acids is 1. The van der Waals surface area contributed by atoms with Gasteiger partial charge in [0.1, 0.15) is 5.57 Å². The van der Waals surface area contributed by atoms with E-state index in [2.05, 4.69) is 11.8 Å². The van der Waals surface area contributed by atoms with Crippen LogP contribution >= 0.6 is 0 Å². The third-order valence-electron chi connectivity index (χ3n) is 3.14. The molecule has 0 fully saturated rings. The number of fused-ring (bicyclic) bond motifs is 1. The van der Waals surface area contributed by atoms with Gasteiger partial charge in [0.25, 0.3) is 0 Å². The Hall–Kier alpha value is -2.73. The largest absolute Gasteiger partial charge is 0.503 e. The summed E-state index contributed by atoms with van der Waals surface area (Å²) in [6.45, 7) is 4.06. The van der Waals surface area contributed by atoms with E-state index in [1.165, 1.54) is 13.4 Å². The van der Waals surface area contributed by atoms with E-state index in [9.17, 15) is 9.90 Å². The van der Waals surface area contributed by atoms with Crippen molar-refractivity contribution in [1.82, 2.24) is 0 Å². The molecule has 2 rings (SSSR count). The molecule has 0 saturated heterocycles. The second-order valence-corrected chi connectivity index (χ2v) is 5.24. The first kappa shape index (κ1) is 15.7. The summed E-state index contributed by atoms with van der Waals surface area (Å²) in [7, 11) is 1.44. The first-order valence-electron chi connectivity index (χ1n) is 7.04. The summed E-state index contributed by atoms with van der Waals surface area (Å²) < 4.78 is 4.91. The fraction of sp³-hybridized carbons (Fsp3) is 0.211. The van der Waals surface area contributed by atoms with Crippen LogP contribution in [0.25, 0.3) is 16.3 Å². The third-order valence-corrected chi connectivity index (χ3v) is 3.14. The monoisotopic (exact) mass is 294 g/mol. The number of benzene rings is 2. The molecule has 0 unspecified atom stereocenters. The third kappa shape index (κ3) is 3.48. The Labute approximate surface area is 130 Å². The summed E-state index contributed by atoms with van der Waals surface area (Å²) in [5.74, 6) is 5.50. The van der Waals surface area contributed by atoms with Crippen molar-refractivity contribution in [2.45, 2.75) is 13.8 Å². The molecule has 22 heavy (non-hydrogen) atoms. The number of hydrogen-bond donors (Lipinski definition) is 1. The lowest BCUT2D eigenvalue weighted by Crippen LogP contribution is -2.01. The molecule has 0 saturated carbocycles. The van der Waals surface area contributed by atoms with Crippen LogP contribution in [-0.2, 0) is 9.53 Å². The van der Waals surface area contributed by atoms with Gasteiger partial charge < -0.3 is 9.84 Å². The van der Waals surface area contributed by atoms with Crippen LogP contribution < -0.4 is 0 Å². The summed E-state index contributed by atoms with van der Waals surface area (Å²) in [5, 5.41) is 11.2. The summed E-state index contributed by atoms with van der Waals surface area (Å²) in [4.78, 5) is 11.5. The Bertz CT molecular complexity index is 789. The van der Waals surface area contributed by atoms with E-state index in [0.717, 1.165) is 16.3 Å². The number of carbonyl (C=O) groups is 1. The number of rotatable bonds is 3. The molecule has 0 radical (unpaired) electrons. The highest BCUT2D eigenvalue weighted by molar-refractivity contribution is 6.19. The van der Waals surface area contributed by atoms with E-state index in [1.807, 2.05) is 44.2 Å². The van der Waals surface area contributed by atoms with Crippen LogP contribution in [0.1, 0.15) is 25.0 Å². The zero-order chi connectivity index (χ0) is 16.1. The molecular weight excluding hydrogens is 276 g/mol. The van der Waals surface area contributed by atoms with Gasteiger partial charge in [-0.15, -0.1) is 0 Å². The summed E-state index contributed by atoms with van der Waals surface area (Å²) in [6.07, 6.45) is 1.25. The average Bonchev–Trinajstić information content (AvgIpc) is 2.49. The molecule has 3 heteroatoms. The predicted molar refractivity (Wildman–Crippen MR) is 88.3 cm³/mol. The minimum atomic E-state index is -1.02. The number of carboxylic acids is 1. The molecule has 112 valence electrons. The molecular formula is C19H18O3. The van der Waals surface area contributed by atoms with Gasteiger partial charge in [0.2, 0.25) is 0 Å². The molecule has 0 aromatic heterocycles. The van der Waals surface area contributed by atoms with Crippen LogP contribution in [0.2, 0.25) is 0 Å². The Kier molecular flexibility index (Phi) is 4.85. The second kappa shape index (κ2) is 6.82. The van der Waals surface area contributed by atoms with Gasteiger partial charge in [-0.25, -0.2) is 4.79 Å². The van der Waals surface area contributed by atoms with Gasteiger partial charge >= 0.3 is 5.97 Å². The highest BCUT2D eigenvalue weighted by Gasteiger charge is 2.14. The Balaban J connectivity index is 2.65. The van der Waals surface area contributed by atoms with Crippen LogP contribution in [0.3, 0.4) is 0 Å². The highest BCUT2D eigenvalue weighted by atomic mass is 16.5. The number of methoxy groups -OCH3 is 1. The minimum absolute atomic E-state index is 0.127. The first-order chi connectivity index (χ1) is 10.5. The number of ether oxygens (including phenoxy) is 1. The fourth-order valence-electron chi connectivity index (χ4n) is 2.16. The molecule has 0 bridgehead atoms. The van der Waals surface area contributed by atoms with Crippen molar-refractivity contribution < 1.29 is 14.6 Å². The maximum Gasteiger partial charge on any atom is 0.339 e. The number of carboxylic acid groups (broad SMARTS) is 1. The van der Waals surface area contributed by atoms with Gasteiger partial charge in [0.15, 0.2) is 0 Å². The van der Waals surface area contributed by atoms with E-state index in [4.69, 9.17) is 4.74 Å². The zero-order valence-corrected chi connectivity index (χ0v) is 12.9. The van der Waals surface area contributed by atoms with Crippen molar-refractivity contribution in [3.63, 3.8) is 0 Å². The van der Waals surface area contributed by atoms with Gasteiger partial charge in [0, 0.05) is 11.5 Å². The highest BCUT2D eigenvalue weighted by Crippen LogP contribution is 2.26. The van der Waals surface area contributed by atoms with E-state index in [-0.39, 0.29) is 11.5 Å². The topological polar surface area (TPSA) is 46.5 Å². The van der Waals surface area contributed by atoms with Gasteiger partial charge in [-0.05, 0) is 28.5 Å². The van der Waals surface area contributed by atoms with Gasteiger partial charge in [-0.1, -0.05) is 50.0 Å². The van der Waals surface area contributed by atoms with Crippen molar-refractivity contribution >= 4 is 22.3 Å². The van der Waals surface area contributed by atoms with Crippen molar-refractivity contribution in [2.75, 3.05) is 7.11 Å². The molecule has 2 aromatic carbocycles. The quantitative estimate of drug-likeness (QED) is 0.530. The molecule has 1 N–H and O–H groups in total. The van der Waals surface area contributed by atoms with Gasteiger partial charge in [-0.2, -0.15) is 0 Å². The van der Waals surface area contributed by atoms with E-state index in [0.29, 0.717) is 5.56 Å². The van der Waals surface area contributed by atoms with Gasteiger partial charge in [0.05, 0.1) is 13.4 Å². The number of hydrogen-bond acceptors (Lipinski definition) is 2. The Morgan fingerprint density at radius 2 is 2.05 bits per heavy atom. The SMILES string of the molecule is COC=C(C(=O)O)c1cccc2ccc(C#CC(C)C)cc12. The van der Waals surface area contributed by atoms with Crippen LogP contribution in [0.15, 0.2) is 42.7 Å². The second-order valence-electron chi connectivity index (χ2n) is 5.24. The molecule has 0 aliphatic carbocycles. The Morgan fingerprint density at radius 3 is 2.68 bits per heavy atom. The first-order valence-corrected chi connectivity index (χ1v) is 7.04. The Morgan fingerprint density at radius 1 is 1.27 bits per heavy atom. The van der Waals surface area contributed by atoms with Crippen molar-refractivity contribution in [3.05, 3.63) is 53.8 Å². The van der Waals surface area contributed by atoms with Crippen LogP contribution in [0.5, 0.6) is 0 Å². The maximum atomic E-state index is 11.5. The van der Waals surface area contributed by atoms with E-state index >= 15 is 0 Å². The molecule has 0 aliphatic rings. The summed E-state index contributed by atoms with van der Waals surface area (Å²) in [5.41, 5.74) is 1.62. The molecule has 0 amide bonds. The summed E-state index contributed by atoms with van der Waals surface area (Å²) >= 11 is 0. The molecule has 0 atom stereocenters.